The minimum Gasteiger partial charge on any atom is -0.326 e. The number of sulfone groups is 1. The Labute approximate surface area is 164 Å². The van der Waals surface area contributed by atoms with E-state index in [0.29, 0.717) is 11.6 Å². The van der Waals surface area contributed by atoms with Crippen LogP contribution in [0.25, 0.3) is 11.0 Å². The number of carbonyl (C=O) groups is 1. The van der Waals surface area contributed by atoms with E-state index < -0.39 is 21.5 Å². The molecule has 0 fully saturated rings. The molecule has 0 saturated heterocycles. The fraction of sp³-hybridized carbons (Fsp3) is 0.333. The van der Waals surface area contributed by atoms with Crippen molar-refractivity contribution in [1.29, 1.82) is 0 Å². The van der Waals surface area contributed by atoms with Crippen molar-refractivity contribution in [3.05, 3.63) is 54.4 Å². The predicted octanol–water partition coefficient (Wildman–Crippen LogP) is 3.40. The van der Waals surface area contributed by atoms with Gasteiger partial charge in [0.25, 0.3) is 0 Å². The second kappa shape index (κ2) is 7.05. The van der Waals surface area contributed by atoms with E-state index in [0.717, 1.165) is 29.8 Å². The molecule has 2 heterocycles. The fourth-order valence-electron chi connectivity index (χ4n) is 3.59. The molecule has 1 amide bonds. The maximum atomic E-state index is 12.7. The van der Waals surface area contributed by atoms with Gasteiger partial charge < -0.3 is 9.47 Å². The molecular weight excluding hydrogens is 374 g/mol. The highest BCUT2D eigenvalue weighted by Gasteiger charge is 2.35. The topological polar surface area (TPSA) is 72.3 Å². The molecule has 7 heteroatoms. The van der Waals surface area contributed by atoms with Crippen molar-refractivity contribution in [2.24, 2.45) is 5.92 Å². The third kappa shape index (κ3) is 3.30. The van der Waals surface area contributed by atoms with Crippen LogP contribution in [0.3, 0.4) is 0 Å². The summed E-state index contributed by atoms with van der Waals surface area (Å²) in [5.41, 5.74) is 2.34. The first-order chi connectivity index (χ1) is 13.4. The third-order valence-corrected chi connectivity index (χ3v) is 6.71. The summed E-state index contributed by atoms with van der Waals surface area (Å²) < 4.78 is 26.9. The highest BCUT2D eigenvalue weighted by molar-refractivity contribution is 7.92. The molecule has 1 aliphatic rings. The van der Waals surface area contributed by atoms with Gasteiger partial charge in [-0.1, -0.05) is 38.1 Å². The molecule has 0 saturated carbocycles. The van der Waals surface area contributed by atoms with Crippen LogP contribution in [0.15, 0.2) is 53.4 Å². The van der Waals surface area contributed by atoms with E-state index in [1.54, 1.807) is 29.2 Å². The molecule has 0 bridgehead atoms. The first kappa shape index (κ1) is 18.7. The molecule has 1 aliphatic heterocycles. The second-order valence-corrected chi connectivity index (χ2v) is 9.52. The van der Waals surface area contributed by atoms with Crippen molar-refractivity contribution >= 4 is 32.5 Å². The maximum Gasteiger partial charge on any atom is 0.243 e. The zero-order valence-electron chi connectivity index (χ0n) is 16.0. The fourth-order valence-corrected chi connectivity index (χ4v) is 5.01. The number of hydrogen-bond acceptors (Lipinski definition) is 4. The van der Waals surface area contributed by atoms with Crippen LogP contribution in [0.1, 0.15) is 26.1 Å². The van der Waals surface area contributed by atoms with Gasteiger partial charge in [-0.3, -0.25) is 4.79 Å². The van der Waals surface area contributed by atoms with Crippen molar-refractivity contribution in [1.82, 2.24) is 9.55 Å². The molecule has 3 aromatic rings. The van der Waals surface area contributed by atoms with Crippen LogP contribution in [0.4, 0.5) is 5.69 Å². The van der Waals surface area contributed by atoms with Gasteiger partial charge in [0, 0.05) is 6.54 Å². The molecule has 0 aliphatic carbocycles. The van der Waals surface area contributed by atoms with Gasteiger partial charge in [-0.15, -0.1) is 0 Å². The summed E-state index contributed by atoms with van der Waals surface area (Å²) in [7, 11) is -3.59. The SMILES string of the molecule is CC(C)CCn1c(CN2C(=O)CS(=O)(=O)c3ccccc32)nc2ccccc21. The van der Waals surface area contributed by atoms with Gasteiger partial charge >= 0.3 is 0 Å². The predicted molar refractivity (Wildman–Crippen MR) is 109 cm³/mol. The van der Waals surface area contributed by atoms with Crippen molar-refractivity contribution in [3.63, 3.8) is 0 Å². The van der Waals surface area contributed by atoms with Crippen molar-refractivity contribution in [2.75, 3.05) is 10.7 Å². The monoisotopic (exact) mass is 397 g/mol. The molecule has 6 nitrogen and oxygen atoms in total. The number of para-hydroxylation sites is 3. The molecular formula is C21H23N3O3S. The van der Waals surface area contributed by atoms with Gasteiger partial charge in [-0.2, -0.15) is 0 Å². The largest absolute Gasteiger partial charge is 0.326 e. The Morgan fingerprint density at radius 3 is 2.57 bits per heavy atom. The molecule has 146 valence electrons. The van der Waals surface area contributed by atoms with E-state index in [1.165, 1.54) is 0 Å². The number of fused-ring (bicyclic) bond motifs is 2. The summed E-state index contributed by atoms with van der Waals surface area (Å²) in [6.07, 6.45) is 0.992. The first-order valence-electron chi connectivity index (χ1n) is 9.43. The van der Waals surface area contributed by atoms with Crippen LogP contribution < -0.4 is 4.90 Å². The first-order valence-corrected chi connectivity index (χ1v) is 11.1. The molecule has 1 aromatic heterocycles. The molecule has 0 unspecified atom stereocenters. The number of carbonyl (C=O) groups excluding carboxylic acids is 1. The number of imidazole rings is 1. The highest BCUT2D eigenvalue weighted by Crippen LogP contribution is 2.32. The van der Waals surface area contributed by atoms with Gasteiger partial charge in [-0.05, 0) is 36.6 Å². The smallest absolute Gasteiger partial charge is 0.243 e. The van der Waals surface area contributed by atoms with Gasteiger partial charge in [0.1, 0.15) is 11.6 Å². The van der Waals surface area contributed by atoms with Crippen molar-refractivity contribution < 1.29 is 13.2 Å². The zero-order chi connectivity index (χ0) is 19.9. The average Bonchev–Trinajstić information content (AvgIpc) is 3.00. The Morgan fingerprint density at radius 2 is 1.79 bits per heavy atom. The van der Waals surface area contributed by atoms with Gasteiger partial charge in [0.2, 0.25) is 5.91 Å². The standard InChI is InChI=1S/C21H23N3O3S/c1-15(2)11-12-23-17-8-4-3-7-16(17)22-20(23)13-24-18-9-5-6-10-19(18)28(26,27)14-21(24)25/h3-10,15H,11-14H2,1-2H3. The Kier molecular flexibility index (Phi) is 4.71. The summed E-state index contributed by atoms with van der Waals surface area (Å²) in [4.78, 5) is 19.2. The molecule has 4 rings (SSSR count). The maximum absolute atomic E-state index is 12.7. The minimum atomic E-state index is -3.59. The Balaban J connectivity index is 1.78. The number of nitrogens with zero attached hydrogens (tertiary/aromatic N) is 3. The lowest BCUT2D eigenvalue weighted by Gasteiger charge is -2.29. The van der Waals surface area contributed by atoms with Crippen LogP contribution in [0.5, 0.6) is 0 Å². The summed E-state index contributed by atoms with van der Waals surface area (Å²) in [6.45, 7) is 5.40. The van der Waals surface area contributed by atoms with Gasteiger partial charge in [0.05, 0.1) is 28.2 Å². The minimum absolute atomic E-state index is 0.208. The number of rotatable bonds is 5. The number of benzene rings is 2. The van der Waals surface area contributed by atoms with Crippen LogP contribution in [0, 0.1) is 5.92 Å². The van der Waals surface area contributed by atoms with Crippen LogP contribution >= 0.6 is 0 Å². The number of hydrogen-bond donors (Lipinski definition) is 0. The van der Waals surface area contributed by atoms with E-state index in [9.17, 15) is 13.2 Å². The van der Waals surface area contributed by atoms with E-state index in [-0.39, 0.29) is 11.4 Å². The van der Waals surface area contributed by atoms with Gasteiger partial charge in [0.15, 0.2) is 9.84 Å². The van der Waals surface area contributed by atoms with E-state index in [1.807, 2.05) is 24.3 Å². The lowest BCUT2D eigenvalue weighted by Crippen LogP contribution is -2.41. The molecule has 0 N–H and O–H groups in total. The molecule has 0 atom stereocenters. The Hall–Kier alpha value is -2.67. The van der Waals surface area contributed by atoms with E-state index in [4.69, 9.17) is 4.98 Å². The molecule has 28 heavy (non-hydrogen) atoms. The summed E-state index contributed by atoms with van der Waals surface area (Å²) in [6, 6.07) is 14.6. The number of anilines is 1. The van der Waals surface area contributed by atoms with Crippen LogP contribution in [-0.4, -0.2) is 29.6 Å². The number of aromatic nitrogens is 2. The Morgan fingerprint density at radius 1 is 1.07 bits per heavy atom. The normalized spacial score (nSPS) is 16.0. The van der Waals surface area contributed by atoms with Crippen LogP contribution in [-0.2, 0) is 27.7 Å². The lowest BCUT2D eigenvalue weighted by atomic mass is 10.1. The summed E-state index contributed by atoms with van der Waals surface area (Å²) in [5.74, 6) is 0.387. The van der Waals surface area contributed by atoms with E-state index in [2.05, 4.69) is 18.4 Å². The van der Waals surface area contributed by atoms with Crippen molar-refractivity contribution in [3.8, 4) is 0 Å². The highest BCUT2D eigenvalue weighted by atomic mass is 32.2. The molecule has 0 spiro atoms. The number of aryl methyl sites for hydroxylation is 1. The quantitative estimate of drug-likeness (QED) is 0.661. The lowest BCUT2D eigenvalue weighted by molar-refractivity contribution is -0.116. The Bertz CT molecular complexity index is 1150. The summed E-state index contributed by atoms with van der Waals surface area (Å²) in [5, 5.41) is 0. The van der Waals surface area contributed by atoms with Crippen molar-refractivity contribution in [2.45, 2.75) is 38.3 Å². The van der Waals surface area contributed by atoms with E-state index >= 15 is 0 Å². The molecule has 2 aromatic carbocycles. The third-order valence-electron chi connectivity index (χ3n) is 5.07. The van der Waals surface area contributed by atoms with Gasteiger partial charge in [-0.25, -0.2) is 13.4 Å². The molecule has 0 radical (unpaired) electrons. The number of amides is 1. The average molecular weight is 398 g/mol. The summed E-state index contributed by atoms with van der Waals surface area (Å²) >= 11 is 0. The van der Waals surface area contributed by atoms with Crippen LogP contribution in [0.2, 0.25) is 0 Å². The zero-order valence-corrected chi connectivity index (χ0v) is 16.8. The second-order valence-electron chi connectivity index (χ2n) is 7.56.